The summed E-state index contributed by atoms with van der Waals surface area (Å²) in [6.45, 7) is 11.1. The van der Waals surface area contributed by atoms with Gasteiger partial charge < -0.3 is 23.5 Å². The van der Waals surface area contributed by atoms with E-state index in [-0.39, 0.29) is 23.2 Å². The number of carbonyl (C=O) groups excluding carboxylic acids is 1. The van der Waals surface area contributed by atoms with Gasteiger partial charge in [0.25, 0.3) is 5.91 Å². The van der Waals surface area contributed by atoms with Crippen molar-refractivity contribution in [3.63, 3.8) is 0 Å². The summed E-state index contributed by atoms with van der Waals surface area (Å²) in [7, 11) is 0. The summed E-state index contributed by atoms with van der Waals surface area (Å²) in [5.41, 5.74) is 1.05. The number of nitrogens with zero attached hydrogens (tertiary/aromatic N) is 1. The van der Waals surface area contributed by atoms with Gasteiger partial charge in [-0.3, -0.25) is 9.59 Å². The minimum Gasteiger partial charge on any atom is -0.490 e. The maximum atomic E-state index is 13.7. The van der Waals surface area contributed by atoms with E-state index in [1.54, 1.807) is 35.2 Å². The molecule has 0 bridgehead atoms. The van der Waals surface area contributed by atoms with Crippen molar-refractivity contribution in [3.05, 3.63) is 81.2 Å². The number of halogens is 1. The van der Waals surface area contributed by atoms with Gasteiger partial charge in [-0.15, -0.1) is 0 Å². The number of rotatable bonds is 11. The predicted molar refractivity (Wildman–Crippen MR) is 139 cm³/mol. The van der Waals surface area contributed by atoms with E-state index >= 15 is 0 Å². The van der Waals surface area contributed by atoms with Crippen LogP contribution in [0, 0.1) is 0 Å². The van der Waals surface area contributed by atoms with Crippen molar-refractivity contribution in [2.45, 2.75) is 39.3 Å². The van der Waals surface area contributed by atoms with Crippen molar-refractivity contribution in [1.29, 1.82) is 0 Å². The first-order valence-electron chi connectivity index (χ1n) is 12.0. The number of amides is 1. The maximum absolute atomic E-state index is 13.7. The first-order valence-corrected chi connectivity index (χ1v) is 12.4. The molecule has 7 nitrogen and oxygen atoms in total. The molecular formula is C28H30ClNO6. The Morgan fingerprint density at radius 1 is 1.14 bits per heavy atom. The third-order valence-corrected chi connectivity index (χ3v) is 6.10. The molecular weight excluding hydrogens is 482 g/mol. The molecule has 2 aromatic carbocycles. The number of carbonyl (C=O) groups is 1. The molecule has 1 aliphatic heterocycles. The fourth-order valence-corrected chi connectivity index (χ4v) is 4.53. The molecule has 1 amide bonds. The van der Waals surface area contributed by atoms with Crippen molar-refractivity contribution >= 4 is 28.5 Å². The largest absolute Gasteiger partial charge is 0.490 e. The van der Waals surface area contributed by atoms with Crippen molar-refractivity contribution in [2.24, 2.45) is 0 Å². The minimum absolute atomic E-state index is 0.0505. The summed E-state index contributed by atoms with van der Waals surface area (Å²) in [4.78, 5) is 28.9. The average molecular weight is 512 g/mol. The van der Waals surface area contributed by atoms with Crippen molar-refractivity contribution in [3.8, 4) is 11.5 Å². The highest BCUT2D eigenvalue weighted by Gasteiger charge is 2.42. The summed E-state index contributed by atoms with van der Waals surface area (Å²) >= 11 is 6.17. The number of fused-ring (bicyclic) bond motifs is 2. The molecule has 0 aliphatic carbocycles. The molecule has 0 saturated carbocycles. The molecule has 8 heteroatoms. The van der Waals surface area contributed by atoms with E-state index in [9.17, 15) is 9.59 Å². The number of hydrogen-bond acceptors (Lipinski definition) is 6. The molecule has 190 valence electrons. The van der Waals surface area contributed by atoms with E-state index in [1.165, 1.54) is 0 Å². The van der Waals surface area contributed by atoms with E-state index in [4.69, 9.17) is 30.2 Å². The fourth-order valence-electron chi connectivity index (χ4n) is 4.35. The number of benzene rings is 2. The zero-order valence-electron chi connectivity index (χ0n) is 20.7. The Hall–Kier alpha value is -3.29. The van der Waals surface area contributed by atoms with Crippen molar-refractivity contribution in [2.75, 3.05) is 26.4 Å². The normalized spacial score (nSPS) is 15.0. The Balaban J connectivity index is 1.83. The smallest absolute Gasteiger partial charge is 0.290 e. The van der Waals surface area contributed by atoms with Gasteiger partial charge in [-0.05, 0) is 63.1 Å². The molecule has 0 saturated heterocycles. The van der Waals surface area contributed by atoms with Crippen LogP contribution in [0.15, 0.2) is 58.3 Å². The quantitative estimate of drug-likeness (QED) is 0.240. The van der Waals surface area contributed by atoms with Crippen LogP contribution in [0.4, 0.5) is 0 Å². The van der Waals surface area contributed by atoms with E-state index in [1.807, 2.05) is 32.9 Å². The molecule has 0 spiro atoms. The van der Waals surface area contributed by atoms with Crippen LogP contribution in [0.3, 0.4) is 0 Å². The maximum Gasteiger partial charge on any atom is 0.290 e. The predicted octanol–water partition coefficient (Wildman–Crippen LogP) is 5.77. The average Bonchev–Trinajstić information content (AvgIpc) is 3.13. The summed E-state index contributed by atoms with van der Waals surface area (Å²) < 4.78 is 23.2. The lowest BCUT2D eigenvalue weighted by molar-refractivity contribution is 0.0593. The van der Waals surface area contributed by atoms with Gasteiger partial charge in [0, 0.05) is 18.2 Å². The molecule has 1 atom stereocenters. The van der Waals surface area contributed by atoms with Gasteiger partial charge in [0.2, 0.25) is 5.76 Å². The molecule has 0 N–H and O–H groups in total. The molecule has 1 aromatic heterocycles. The van der Waals surface area contributed by atoms with Crippen LogP contribution < -0.4 is 14.9 Å². The van der Waals surface area contributed by atoms with Gasteiger partial charge >= 0.3 is 0 Å². The highest BCUT2D eigenvalue weighted by Crippen LogP contribution is 2.41. The minimum atomic E-state index is -0.654. The summed E-state index contributed by atoms with van der Waals surface area (Å²) in [5.74, 6) is 0.793. The van der Waals surface area contributed by atoms with Crippen molar-refractivity contribution in [1.82, 2.24) is 4.90 Å². The Bertz CT molecular complexity index is 1330. The third-order valence-electron chi connectivity index (χ3n) is 5.86. The van der Waals surface area contributed by atoms with Gasteiger partial charge in [0.1, 0.15) is 12.2 Å². The molecule has 36 heavy (non-hydrogen) atoms. The third kappa shape index (κ3) is 5.13. The molecule has 0 radical (unpaired) electrons. The highest BCUT2D eigenvalue weighted by molar-refractivity contribution is 6.31. The summed E-state index contributed by atoms with van der Waals surface area (Å²) in [6.07, 6.45) is 2.34. The van der Waals surface area contributed by atoms with Crippen LogP contribution in [-0.4, -0.2) is 43.3 Å². The Morgan fingerprint density at radius 3 is 2.67 bits per heavy atom. The highest BCUT2D eigenvalue weighted by atomic mass is 35.5. The van der Waals surface area contributed by atoms with E-state index in [2.05, 4.69) is 6.58 Å². The van der Waals surface area contributed by atoms with Crippen LogP contribution in [0.1, 0.15) is 54.9 Å². The summed E-state index contributed by atoms with van der Waals surface area (Å²) in [6, 6.07) is 9.60. The monoisotopic (exact) mass is 511 g/mol. The van der Waals surface area contributed by atoms with Crippen LogP contribution in [-0.2, 0) is 4.74 Å². The fraction of sp³-hybridized carbons (Fsp3) is 0.357. The van der Waals surface area contributed by atoms with Gasteiger partial charge in [-0.1, -0.05) is 30.3 Å². The lowest BCUT2D eigenvalue weighted by atomic mass is 9.98. The van der Waals surface area contributed by atoms with Crippen LogP contribution in [0.5, 0.6) is 11.5 Å². The molecule has 1 unspecified atom stereocenters. The Kier molecular flexibility index (Phi) is 8.01. The Labute approximate surface area is 215 Å². The number of hydrogen-bond donors (Lipinski definition) is 0. The number of ether oxygens (including phenoxy) is 3. The van der Waals surface area contributed by atoms with E-state index in [0.29, 0.717) is 65.8 Å². The van der Waals surface area contributed by atoms with E-state index < -0.39 is 6.04 Å². The molecule has 0 fully saturated rings. The molecule has 2 heterocycles. The summed E-state index contributed by atoms with van der Waals surface area (Å²) in [5, 5.41) is 0.751. The zero-order chi connectivity index (χ0) is 25.8. The van der Waals surface area contributed by atoms with Gasteiger partial charge in [-0.25, -0.2) is 0 Å². The second-order valence-electron chi connectivity index (χ2n) is 8.73. The second kappa shape index (κ2) is 11.2. The lowest BCUT2D eigenvalue weighted by Crippen LogP contribution is -2.31. The first kappa shape index (κ1) is 25.8. The van der Waals surface area contributed by atoms with E-state index in [0.717, 1.165) is 5.56 Å². The van der Waals surface area contributed by atoms with Gasteiger partial charge in [-0.2, -0.15) is 0 Å². The SMILES string of the molecule is C=CCOc1ccc(C2c3c(oc4ccc(Cl)cc4c3=O)C(=O)N2CCCOC(C)C)cc1OCC. The zero-order valence-corrected chi connectivity index (χ0v) is 21.5. The second-order valence-corrected chi connectivity index (χ2v) is 9.16. The standard InChI is InChI=1S/C28H30ClNO6/c1-5-13-35-22-10-8-18(15-23(22)33-6-2)25-24-26(31)20-16-19(29)9-11-21(20)36-27(24)28(32)30(25)12-7-14-34-17(3)4/h5,8-11,15-17,25H,1,6-7,12-14H2,2-4H3. The van der Waals surface area contributed by atoms with Crippen LogP contribution >= 0.6 is 11.6 Å². The van der Waals surface area contributed by atoms with Gasteiger partial charge in [0.05, 0.1) is 29.7 Å². The molecule has 1 aliphatic rings. The lowest BCUT2D eigenvalue weighted by Gasteiger charge is -2.26. The molecule has 4 rings (SSSR count). The van der Waals surface area contributed by atoms with Crippen LogP contribution in [0.2, 0.25) is 5.02 Å². The van der Waals surface area contributed by atoms with Crippen LogP contribution in [0.25, 0.3) is 11.0 Å². The topological polar surface area (TPSA) is 78.2 Å². The first-order chi connectivity index (χ1) is 17.3. The van der Waals surface area contributed by atoms with Gasteiger partial charge in [0.15, 0.2) is 16.9 Å². The molecule has 3 aromatic rings. The Morgan fingerprint density at radius 2 is 1.94 bits per heavy atom. The van der Waals surface area contributed by atoms with Crippen molar-refractivity contribution < 1.29 is 23.4 Å².